The number of nitrogens with zero attached hydrogens (tertiary/aromatic N) is 1. The molecule has 1 fully saturated rings. The average molecular weight is 301 g/mol. The summed E-state index contributed by atoms with van der Waals surface area (Å²) in [5, 5.41) is 4.23. The smallest absolute Gasteiger partial charge is 0.234 e. The third-order valence-electron chi connectivity index (χ3n) is 3.41. The van der Waals surface area contributed by atoms with Crippen LogP contribution in [0.4, 0.5) is 0 Å². The minimum Gasteiger partial charge on any atom is -0.352 e. The molecular formula is C14H18Cl2N2O. The average Bonchev–Trinajstić information content (AvgIpc) is 3.11. The Morgan fingerprint density at radius 2 is 2.16 bits per heavy atom. The molecule has 2 rings (SSSR count). The molecule has 0 heterocycles. The molecule has 19 heavy (non-hydrogen) atoms. The highest BCUT2D eigenvalue weighted by Crippen LogP contribution is 2.29. The van der Waals surface area contributed by atoms with Crippen LogP contribution in [0, 0.1) is 0 Å². The van der Waals surface area contributed by atoms with E-state index in [1.807, 2.05) is 31.0 Å². The molecule has 0 aromatic heterocycles. The van der Waals surface area contributed by atoms with E-state index >= 15 is 0 Å². The number of nitrogens with one attached hydrogen (secondary N) is 1. The van der Waals surface area contributed by atoms with E-state index in [2.05, 4.69) is 5.32 Å². The SMILES string of the molecule is CC(c1ccc(Cl)cc1Cl)N(C)CC(=O)NC1CC1. The third-order valence-corrected chi connectivity index (χ3v) is 3.97. The van der Waals surface area contributed by atoms with E-state index in [1.165, 1.54) is 0 Å². The number of likely N-dealkylation sites (N-methyl/N-ethyl adjacent to an activating group) is 1. The van der Waals surface area contributed by atoms with Crippen LogP contribution in [0.3, 0.4) is 0 Å². The Kier molecular flexibility index (Phi) is 4.71. The van der Waals surface area contributed by atoms with E-state index in [9.17, 15) is 4.79 Å². The highest BCUT2D eigenvalue weighted by atomic mass is 35.5. The Morgan fingerprint density at radius 3 is 2.74 bits per heavy atom. The maximum absolute atomic E-state index is 11.8. The Balaban J connectivity index is 1.96. The van der Waals surface area contributed by atoms with Crippen LogP contribution in [0.5, 0.6) is 0 Å². The van der Waals surface area contributed by atoms with Crippen molar-refractivity contribution in [2.75, 3.05) is 13.6 Å². The molecule has 1 N–H and O–H groups in total. The Morgan fingerprint density at radius 1 is 1.47 bits per heavy atom. The molecule has 1 unspecified atom stereocenters. The zero-order valence-corrected chi connectivity index (χ0v) is 12.6. The number of hydrogen-bond acceptors (Lipinski definition) is 2. The Labute approximate surface area is 123 Å². The summed E-state index contributed by atoms with van der Waals surface area (Å²) in [6.07, 6.45) is 2.21. The number of benzene rings is 1. The molecule has 1 aliphatic rings. The van der Waals surface area contributed by atoms with Gasteiger partial charge in [0.25, 0.3) is 0 Å². The number of amides is 1. The van der Waals surface area contributed by atoms with Gasteiger partial charge in [-0.3, -0.25) is 9.69 Å². The molecule has 0 saturated heterocycles. The Hall–Kier alpha value is -0.770. The number of hydrogen-bond donors (Lipinski definition) is 1. The molecule has 1 amide bonds. The van der Waals surface area contributed by atoms with Crippen molar-refractivity contribution in [1.82, 2.24) is 10.2 Å². The number of rotatable bonds is 5. The minimum absolute atomic E-state index is 0.0646. The van der Waals surface area contributed by atoms with Crippen molar-refractivity contribution in [2.24, 2.45) is 0 Å². The van der Waals surface area contributed by atoms with Crippen LogP contribution < -0.4 is 5.32 Å². The fourth-order valence-corrected chi connectivity index (χ4v) is 2.51. The van der Waals surface area contributed by atoms with Crippen LogP contribution in [-0.4, -0.2) is 30.4 Å². The predicted octanol–water partition coefficient (Wildman–Crippen LogP) is 3.26. The highest BCUT2D eigenvalue weighted by molar-refractivity contribution is 6.35. The third kappa shape index (κ3) is 4.10. The molecule has 1 saturated carbocycles. The van der Waals surface area contributed by atoms with E-state index in [0.29, 0.717) is 22.6 Å². The van der Waals surface area contributed by atoms with Gasteiger partial charge in [-0.25, -0.2) is 0 Å². The molecule has 0 spiro atoms. The summed E-state index contributed by atoms with van der Waals surface area (Å²) in [7, 11) is 1.92. The highest BCUT2D eigenvalue weighted by Gasteiger charge is 2.24. The second-order valence-corrected chi connectivity index (χ2v) is 5.94. The first-order chi connectivity index (χ1) is 8.97. The summed E-state index contributed by atoms with van der Waals surface area (Å²) in [5.74, 6) is 0.0712. The van der Waals surface area contributed by atoms with Crippen molar-refractivity contribution in [2.45, 2.75) is 31.8 Å². The van der Waals surface area contributed by atoms with Crippen LogP contribution in [0.15, 0.2) is 18.2 Å². The standard InChI is InChI=1S/C14H18Cl2N2O/c1-9(12-6-3-10(15)7-13(12)16)18(2)8-14(19)17-11-4-5-11/h3,6-7,9,11H,4-5,8H2,1-2H3,(H,17,19). The minimum atomic E-state index is 0.0646. The lowest BCUT2D eigenvalue weighted by Crippen LogP contribution is -2.37. The summed E-state index contributed by atoms with van der Waals surface area (Å²) >= 11 is 12.1. The fourth-order valence-electron chi connectivity index (χ4n) is 1.94. The molecule has 0 aliphatic heterocycles. The maximum Gasteiger partial charge on any atom is 0.234 e. The summed E-state index contributed by atoms with van der Waals surface area (Å²) in [6.45, 7) is 2.40. The number of halogens is 2. The fraction of sp³-hybridized carbons (Fsp3) is 0.500. The van der Waals surface area contributed by atoms with Crippen LogP contribution in [-0.2, 0) is 4.79 Å². The van der Waals surface area contributed by atoms with Gasteiger partial charge in [0.15, 0.2) is 0 Å². The lowest BCUT2D eigenvalue weighted by Gasteiger charge is -2.25. The van der Waals surface area contributed by atoms with Crippen molar-refractivity contribution in [3.05, 3.63) is 33.8 Å². The second-order valence-electron chi connectivity index (χ2n) is 5.10. The van der Waals surface area contributed by atoms with Gasteiger partial charge in [0.1, 0.15) is 0 Å². The van der Waals surface area contributed by atoms with E-state index in [4.69, 9.17) is 23.2 Å². The van der Waals surface area contributed by atoms with E-state index < -0.39 is 0 Å². The van der Waals surface area contributed by atoms with Gasteiger partial charge in [-0.05, 0) is 44.5 Å². The first-order valence-corrected chi connectivity index (χ1v) is 7.17. The normalized spacial score (nSPS) is 16.5. The molecule has 1 aliphatic carbocycles. The summed E-state index contributed by atoms with van der Waals surface area (Å²) in [4.78, 5) is 13.8. The van der Waals surface area contributed by atoms with Crippen molar-refractivity contribution in [3.63, 3.8) is 0 Å². The summed E-state index contributed by atoms with van der Waals surface area (Å²) in [6, 6.07) is 5.92. The monoisotopic (exact) mass is 300 g/mol. The van der Waals surface area contributed by atoms with E-state index in [-0.39, 0.29) is 11.9 Å². The van der Waals surface area contributed by atoms with Crippen LogP contribution >= 0.6 is 23.2 Å². The molecule has 1 atom stereocenters. The predicted molar refractivity (Wildman–Crippen MR) is 78.7 cm³/mol. The summed E-state index contributed by atoms with van der Waals surface area (Å²) < 4.78 is 0. The summed E-state index contributed by atoms with van der Waals surface area (Å²) in [5.41, 5.74) is 0.979. The molecular weight excluding hydrogens is 283 g/mol. The molecule has 0 bridgehead atoms. The lowest BCUT2D eigenvalue weighted by molar-refractivity contribution is -0.122. The van der Waals surface area contributed by atoms with Gasteiger partial charge in [-0.15, -0.1) is 0 Å². The number of carbonyl (C=O) groups excluding carboxylic acids is 1. The van der Waals surface area contributed by atoms with Gasteiger partial charge in [0.05, 0.1) is 6.54 Å². The quantitative estimate of drug-likeness (QED) is 0.905. The Bertz CT molecular complexity index is 475. The van der Waals surface area contributed by atoms with Crippen molar-refractivity contribution >= 4 is 29.1 Å². The van der Waals surface area contributed by atoms with Crippen molar-refractivity contribution in [1.29, 1.82) is 0 Å². The van der Waals surface area contributed by atoms with Gasteiger partial charge < -0.3 is 5.32 Å². The lowest BCUT2D eigenvalue weighted by atomic mass is 10.1. The molecule has 1 aromatic rings. The van der Waals surface area contributed by atoms with Gasteiger partial charge in [-0.2, -0.15) is 0 Å². The van der Waals surface area contributed by atoms with Crippen molar-refractivity contribution < 1.29 is 4.79 Å². The van der Waals surface area contributed by atoms with Gasteiger partial charge >= 0.3 is 0 Å². The van der Waals surface area contributed by atoms with Crippen molar-refractivity contribution in [3.8, 4) is 0 Å². The maximum atomic E-state index is 11.8. The molecule has 5 heteroatoms. The van der Waals surface area contributed by atoms with Gasteiger partial charge in [-0.1, -0.05) is 29.3 Å². The van der Waals surface area contributed by atoms with Gasteiger partial charge in [0.2, 0.25) is 5.91 Å². The molecule has 0 radical (unpaired) electrons. The first kappa shape index (κ1) is 14.6. The van der Waals surface area contributed by atoms with Crippen LogP contribution in [0.2, 0.25) is 10.0 Å². The van der Waals surface area contributed by atoms with E-state index in [0.717, 1.165) is 18.4 Å². The zero-order valence-electron chi connectivity index (χ0n) is 11.1. The molecule has 104 valence electrons. The largest absolute Gasteiger partial charge is 0.352 e. The zero-order chi connectivity index (χ0) is 14.0. The van der Waals surface area contributed by atoms with Crippen LogP contribution in [0.1, 0.15) is 31.4 Å². The van der Waals surface area contributed by atoms with E-state index in [1.54, 1.807) is 6.07 Å². The van der Waals surface area contributed by atoms with Gasteiger partial charge in [0, 0.05) is 22.1 Å². The number of carbonyl (C=O) groups is 1. The van der Waals surface area contributed by atoms with Crippen LogP contribution in [0.25, 0.3) is 0 Å². The molecule has 1 aromatic carbocycles. The second kappa shape index (κ2) is 6.12. The molecule has 3 nitrogen and oxygen atoms in total. The topological polar surface area (TPSA) is 32.3 Å². The first-order valence-electron chi connectivity index (χ1n) is 6.42.